The van der Waals surface area contributed by atoms with Crippen molar-refractivity contribution in [3.8, 4) is 5.75 Å². The smallest absolute Gasteiger partial charge is 0.262 e. The first kappa shape index (κ1) is 23.3. The van der Waals surface area contributed by atoms with Gasteiger partial charge in [0.1, 0.15) is 5.75 Å². The van der Waals surface area contributed by atoms with E-state index in [1.807, 2.05) is 50.2 Å². The molecular formula is C25H28N2O4S. The highest BCUT2D eigenvalue weighted by Crippen LogP contribution is 2.23. The third-order valence-electron chi connectivity index (χ3n) is 5.28. The molecule has 168 valence electrons. The summed E-state index contributed by atoms with van der Waals surface area (Å²) < 4.78 is 33.7. The van der Waals surface area contributed by atoms with Gasteiger partial charge in [0, 0.05) is 11.3 Å². The van der Waals surface area contributed by atoms with E-state index in [0.29, 0.717) is 17.7 Å². The van der Waals surface area contributed by atoms with Crippen LogP contribution in [0.2, 0.25) is 0 Å². The molecule has 0 unspecified atom stereocenters. The van der Waals surface area contributed by atoms with Crippen LogP contribution < -0.4 is 14.8 Å². The lowest BCUT2D eigenvalue weighted by Crippen LogP contribution is -2.28. The monoisotopic (exact) mass is 452 g/mol. The fourth-order valence-corrected chi connectivity index (χ4v) is 4.69. The lowest BCUT2D eigenvalue weighted by atomic mass is 10.0. The van der Waals surface area contributed by atoms with Crippen molar-refractivity contribution in [1.82, 2.24) is 5.32 Å². The van der Waals surface area contributed by atoms with Gasteiger partial charge < -0.3 is 10.1 Å². The summed E-state index contributed by atoms with van der Waals surface area (Å²) in [5.74, 6) is 0.406. The number of methoxy groups -OCH3 is 1. The lowest BCUT2D eigenvalue weighted by molar-refractivity contribution is 0.0935. The first-order valence-corrected chi connectivity index (χ1v) is 11.9. The average Bonchev–Trinajstić information content (AvgIpc) is 2.79. The maximum Gasteiger partial charge on any atom is 0.262 e. The van der Waals surface area contributed by atoms with Crippen molar-refractivity contribution in [2.45, 2.75) is 38.1 Å². The highest BCUT2D eigenvalue weighted by Gasteiger charge is 2.21. The Kier molecular flexibility index (Phi) is 7.20. The zero-order valence-electron chi connectivity index (χ0n) is 18.7. The summed E-state index contributed by atoms with van der Waals surface area (Å²) in [5.41, 5.74) is 3.29. The van der Waals surface area contributed by atoms with Gasteiger partial charge in [-0.1, -0.05) is 42.8 Å². The predicted molar refractivity (Wildman–Crippen MR) is 127 cm³/mol. The van der Waals surface area contributed by atoms with Gasteiger partial charge in [-0.2, -0.15) is 0 Å². The normalized spacial score (nSPS) is 12.1. The molecule has 7 heteroatoms. The number of carbonyl (C=O) groups is 1. The van der Waals surface area contributed by atoms with E-state index in [1.165, 1.54) is 6.07 Å². The number of benzene rings is 3. The number of hydrogen-bond donors (Lipinski definition) is 2. The molecule has 3 rings (SSSR count). The number of sulfonamides is 1. The number of aryl methyl sites for hydroxylation is 2. The zero-order valence-corrected chi connectivity index (χ0v) is 19.5. The molecule has 0 aromatic heterocycles. The highest BCUT2D eigenvalue weighted by atomic mass is 32.2. The minimum atomic E-state index is -3.85. The molecule has 32 heavy (non-hydrogen) atoms. The topological polar surface area (TPSA) is 84.5 Å². The van der Waals surface area contributed by atoms with Crippen molar-refractivity contribution in [2.75, 3.05) is 11.8 Å². The second-order valence-electron chi connectivity index (χ2n) is 7.66. The van der Waals surface area contributed by atoms with E-state index in [2.05, 4.69) is 10.0 Å². The number of amides is 1. The minimum absolute atomic E-state index is 0.0724. The van der Waals surface area contributed by atoms with Crippen molar-refractivity contribution >= 4 is 21.6 Å². The summed E-state index contributed by atoms with van der Waals surface area (Å²) in [6.07, 6.45) is 0.685. The van der Waals surface area contributed by atoms with E-state index in [0.717, 1.165) is 16.9 Å². The number of carbonyl (C=O) groups excluding carboxylic acids is 1. The largest absolute Gasteiger partial charge is 0.497 e. The maximum absolute atomic E-state index is 13.0. The standard InChI is InChI=1S/C25H28N2O4S/c1-5-23(19-10-14-22(31-4)15-11-19)26-25(28)20-9-8-18(3)24(16-20)32(29,30)27-21-12-6-17(2)7-13-21/h6-16,23,27H,5H2,1-4H3,(H,26,28)/t23-/m0/s1. The second-order valence-corrected chi connectivity index (χ2v) is 9.31. The van der Waals surface area contributed by atoms with Crippen molar-refractivity contribution < 1.29 is 17.9 Å². The molecule has 0 aliphatic carbocycles. The summed E-state index contributed by atoms with van der Waals surface area (Å²) in [6.45, 7) is 5.61. The van der Waals surface area contributed by atoms with Gasteiger partial charge in [-0.15, -0.1) is 0 Å². The molecule has 0 fully saturated rings. The van der Waals surface area contributed by atoms with E-state index in [-0.39, 0.29) is 22.4 Å². The summed E-state index contributed by atoms with van der Waals surface area (Å²) in [6, 6.07) is 19.1. The van der Waals surface area contributed by atoms with Gasteiger partial charge in [-0.25, -0.2) is 8.42 Å². The third-order valence-corrected chi connectivity index (χ3v) is 6.80. The van der Waals surface area contributed by atoms with E-state index in [1.54, 1.807) is 38.3 Å². The quantitative estimate of drug-likeness (QED) is 0.504. The van der Waals surface area contributed by atoms with Crippen LogP contribution in [0, 0.1) is 13.8 Å². The number of hydrogen-bond acceptors (Lipinski definition) is 4. The molecule has 0 heterocycles. The van der Waals surface area contributed by atoms with Crippen molar-refractivity contribution in [3.63, 3.8) is 0 Å². The summed E-state index contributed by atoms with van der Waals surface area (Å²) >= 11 is 0. The number of ether oxygens (including phenoxy) is 1. The fraction of sp³-hybridized carbons (Fsp3) is 0.240. The molecule has 2 N–H and O–H groups in total. The molecule has 3 aromatic rings. The molecule has 0 aliphatic heterocycles. The Bertz CT molecular complexity index is 1190. The highest BCUT2D eigenvalue weighted by molar-refractivity contribution is 7.92. The summed E-state index contributed by atoms with van der Waals surface area (Å²) in [4.78, 5) is 13.0. The molecule has 0 spiro atoms. The molecule has 0 radical (unpaired) electrons. The van der Waals surface area contributed by atoms with Gasteiger partial charge in [0.05, 0.1) is 18.0 Å². The number of anilines is 1. The SMILES string of the molecule is CC[C@H](NC(=O)c1ccc(C)c(S(=O)(=O)Nc2ccc(C)cc2)c1)c1ccc(OC)cc1. The van der Waals surface area contributed by atoms with Gasteiger partial charge in [-0.05, 0) is 67.8 Å². The molecule has 0 aliphatic rings. The molecule has 0 bridgehead atoms. The van der Waals surface area contributed by atoms with E-state index in [4.69, 9.17) is 4.74 Å². The van der Waals surface area contributed by atoms with E-state index < -0.39 is 10.0 Å². The fourth-order valence-electron chi connectivity index (χ4n) is 3.36. The average molecular weight is 453 g/mol. The third kappa shape index (κ3) is 5.48. The van der Waals surface area contributed by atoms with Gasteiger partial charge in [0.25, 0.3) is 15.9 Å². The van der Waals surface area contributed by atoms with Crippen molar-refractivity contribution in [3.05, 3.63) is 89.0 Å². The molecule has 0 saturated heterocycles. The summed E-state index contributed by atoms with van der Waals surface area (Å²) in [7, 11) is -2.25. The first-order valence-electron chi connectivity index (χ1n) is 10.4. The van der Waals surface area contributed by atoms with Crippen LogP contribution >= 0.6 is 0 Å². The predicted octanol–water partition coefficient (Wildman–Crippen LogP) is 4.99. The Hall–Kier alpha value is -3.32. The molecule has 6 nitrogen and oxygen atoms in total. The first-order chi connectivity index (χ1) is 15.2. The molecule has 3 aromatic carbocycles. The Morgan fingerprint density at radius 2 is 1.62 bits per heavy atom. The Morgan fingerprint density at radius 3 is 2.22 bits per heavy atom. The van der Waals surface area contributed by atoms with Crippen LogP contribution in [-0.2, 0) is 10.0 Å². The molecule has 1 atom stereocenters. The number of nitrogens with one attached hydrogen (secondary N) is 2. The van der Waals surface area contributed by atoms with Crippen LogP contribution in [0.1, 0.15) is 46.4 Å². The lowest BCUT2D eigenvalue weighted by Gasteiger charge is -2.18. The van der Waals surface area contributed by atoms with E-state index in [9.17, 15) is 13.2 Å². The minimum Gasteiger partial charge on any atom is -0.497 e. The van der Waals surface area contributed by atoms with Crippen LogP contribution in [0.4, 0.5) is 5.69 Å². The van der Waals surface area contributed by atoms with Gasteiger partial charge >= 0.3 is 0 Å². The van der Waals surface area contributed by atoms with Crippen LogP contribution in [-0.4, -0.2) is 21.4 Å². The maximum atomic E-state index is 13.0. The molecule has 1 amide bonds. The summed E-state index contributed by atoms with van der Waals surface area (Å²) in [5, 5.41) is 3.00. The second kappa shape index (κ2) is 9.87. The van der Waals surface area contributed by atoms with Gasteiger partial charge in [-0.3, -0.25) is 9.52 Å². The Morgan fingerprint density at radius 1 is 0.969 bits per heavy atom. The van der Waals surface area contributed by atoms with Crippen LogP contribution in [0.3, 0.4) is 0 Å². The van der Waals surface area contributed by atoms with Crippen LogP contribution in [0.5, 0.6) is 5.75 Å². The van der Waals surface area contributed by atoms with Gasteiger partial charge in [0.15, 0.2) is 0 Å². The van der Waals surface area contributed by atoms with Crippen LogP contribution in [0.15, 0.2) is 71.6 Å². The Labute approximate surface area is 189 Å². The molecular weight excluding hydrogens is 424 g/mol. The van der Waals surface area contributed by atoms with E-state index >= 15 is 0 Å². The zero-order chi connectivity index (χ0) is 23.3. The van der Waals surface area contributed by atoms with Crippen LogP contribution in [0.25, 0.3) is 0 Å². The van der Waals surface area contributed by atoms with Crippen molar-refractivity contribution in [2.24, 2.45) is 0 Å². The van der Waals surface area contributed by atoms with Crippen molar-refractivity contribution in [1.29, 1.82) is 0 Å². The Balaban J connectivity index is 1.83. The molecule has 0 saturated carbocycles. The number of rotatable bonds is 8. The van der Waals surface area contributed by atoms with Gasteiger partial charge in [0.2, 0.25) is 0 Å².